The minimum absolute atomic E-state index is 0.0823. The molecule has 2 fully saturated rings. The number of hydrogen-bond donors (Lipinski definition) is 0. The number of carbonyl (C=O) groups excluding carboxylic acids is 1. The fourth-order valence-electron chi connectivity index (χ4n) is 4.34. The molecule has 7 nitrogen and oxygen atoms in total. The van der Waals surface area contributed by atoms with Crippen LogP contribution in [0.15, 0.2) is 33.7 Å². The SMILES string of the molecule is Cc1ccc(/C=C/c2onc(C)c2S(=O)(=O)N2CCCC(C(=O)N3CCCC3)C2)cc1. The second-order valence-corrected chi connectivity index (χ2v) is 10.3. The lowest BCUT2D eigenvalue weighted by molar-refractivity contribution is -0.135. The summed E-state index contributed by atoms with van der Waals surface area (Å²) in [6.07, 6.45) is 6.91. The Balaban J connectivity index is 1.56. The highest BCUT2D eigenvalue weighted by Gasteiger charge is 2.38. The number of piperidine rings is 1. The molecule has 8 heteroatoms. The van der Waals surface area contributed by atoms with Crippen molar-refractivity contribution in [2.24, 2.45) is 5.92 Å². The summed E-state index contributed by atoms with van der Waals surface area (Å²) in [7, 11) is -3.83. The molecule has 2 aliphatic rings. The summed E-state index contributed by atoms with van der Waals surface area (Å²) in [4.78, 5) is 14.8. The van der Waals surface area contributed by atoms with Crippen molar-refractivity contribution in [3.05, 3.63) is 46.8 Å². The fourth-order valence-corrected chi connectivity index (χ4v) is 6.11. The zero-order valence-corrected chi connectivity index (χ0v) is 18.9. The number of rotatable bonds is 5. The van der Waals surface area contributed by atoms with E-state index in [0.29, 0.717) is 18.7 Å². The van der Waals surface area contributed by atoms with Crippen molar-refractivity contribution in [3.63, 3.8) is 0 Å². The average Bonchev–Trinajstić information content (AvgIpc) is 3.43. The summed E-state index contributed by atoms with van der Waals surface area (Å²) < 4.78 is 33.8. The largest absolute Gasteiger partial charge is 0.355 e. The van der Waals surface area contributed by atoms with Gasteiger partial charge in [0.15, 0.2) is 10.7 Å². The van der Waals surface area contributed by atoms with E-state index in [1.807, 2.05) is 42.2 Å². The van der Waals surface area contributed by atoms with E-state index < -0.39 is 10.0 Å². The fraction of sp³-hybridized carbons (Fsp3) is 0.478. The number of hydrogen-bond acceptors (Lipinski definition) is 5. The third-order valence-electron chi connectivity index (χ3n) is 6.09. The molecule has 4 rings (SSSR count). The van der Waals surface area contributed by atoms with Crippen molar-refractivity contribution >= 4 is 28.1 Å². The summed E-state index contributed by atoms with van der Waals surface area (Å²) >= 11 is 0. The topological polar surface area (TPSA) is 83.7 Å². The molecule has 2 aromatic rings. The van der Waals surface area contributed by atoms with Gasteiger partial charge in [-0.3, -0.25) is 4.79 Å². The Morgan fingerprint density at radius 3 is 2.48 bits per heavy atom. The first-order valence-corrected chi connectivity index (χ1v) is 12.3. The summed E-state index contributed by atoms with van der Waals surface area (Å²) in [5.74, 6) is 0.0124. The Morgan fingerprint density at radius 2 is 1.77 bits per heavy atom. The minimum Gasteiger partial charge on any atom is -0.355 e. The minimum atomic E-state index is -3.83. The van der Waals surface area contributed by atoms with Crippen LogP contribution in [0.5, 0.6) is 0 Å². The summed E-state index contributed by atoms with van der Waals surface area (Å²) in [5, 5.41) is 3.91. The zero-order valence-electron chi connectivity index (χ0n) is 18.1. The Morgan fingerprint density at radius 1 is 1.06 bits per heavy atom. The standard InChI is InChI=1S/C23H29N3O4S/c1-17-7-9-19(10-8-17)11-12-21-22(18(2)24-30-21)31(28,29)26-15-5-6-20(16-26)23(27)25-13-3-4-14-25/h7-12,20H,3-6,13-16H2,1-2H3/b12-11+. The van der Waals surface area contributed by atoms with E-state index >= 15 is 0 Å². The molecule has 0 bridgehead atoms. The molecule has 0 saturated carbocycles. The Hall–Kier alpha value is -2.45. The van der Waals surface area contributed by atoms with Gasteiger partial charge < -0.3 is 9.42 Å². The second-order valence-electron chi connectivity index (χ2n) is 8.44. The van der Waals surface area contributed by atoms with Crippen molar-refractivity contribution < 1.29 is 17.7 Å². The monoisotopic (exact) mass is 443 g/mol. The predicted octanol–water partition coefficient (Wildman–Crippen LogP) is 3.48. The maximum Gasteiger partial charge on any atom is 0.248 e. The highest BCUT2D eigenvalue weighted by molar-refractivity contribution is 7.89. The molecule has 1 unspecified atom stereocenters. The molecule has 1 atom stereocenters. The smallest absolute Gasteiger partial charge is 0.248 e. The molecule has 2 saturated heterocycles. The maximum absolute atomic E-state index is 13.5. The normalized spacial score (nSPS) is 20.6. The van der Waals surface area contributed by atoms with E-state index in [0.717, 1.165) is 43.5 Å². The van der Waals surface area contributed by atoms with E-state index in [-0.39, 0.29) is 29.0 Å². The molecule has 2 aliphatic heterocycles. The third-order valence-corrected chi connectivity index (χ3v) is 8.11. The molecule has 0 N–H and O–H groups in total. The maximum atomic E-state index is 13.5. The number of aromatic nitrogens is 1. The second kappa shape index (κ2) is 8.96. The van der Waals surface area contributed by atoms with Gasteiger partial charge >= 0.3 is 0 Å². The number of likely N-dealkylation sites (tertiary alicyclic amines) is 1. The van der Waals surface area contributed by atoms with Crippen LogP contribution in [-0.4, -0.2) is 54.9 Å². The van der Waals surface area contributed by atoms with Crippen molar-refractivity contribution in [2.45, 2.75) is 44.4 Å². The van der Waals surface area contributed by atoms with Gasteiger partial charge in [0.05, 0.1) is 5.92 Å². The number of nitrogens with zero attached hydrogens (tertiary/aromatic N) is 3. The van der Waals surface area contributed by atoms with Crippen molar-refractivity contribution in [2.75, 3.05) is 26.2 Å². The van der Waals surface area contributed by atoms with Crippen molar-refractivity contribution in [3.8, 4) is 0 Å². The molecule has 0 radical (unpaired) electrons. The molecule has 0 aliphatic carbocycles. The van der Waals surface area contributed by atoms with Gasteiger partial charge in [0.25, 0.3) is 0 Å². The molecule has 1 aromatic carbocycles. The lowest BCUT2D eigenvalue weighted by Gasteiger charge is -2.33. The quantitative estimate of drug-likeness (QED) is 0.706. The first-order valence-electron chi connectivity index (χ1n) is 10.9. The first kappa shape index (κ1) is 21.8. The van der Waals surface area contributed by atoms with E-state index in [1.165, 1.54) is 4.31 Å². The number of amides is 1. The third kappa shape index (κ3) is 4.60. The molecule has 1 amide bonds. The molecule has 31 heavy (non-hydrogen) atoms. The Kier molecular flexibility index (Phi) is 6.29. The van der Waals surface area contributed by atoms with Crippen LogP contribution in [0.1, 0.15) is 48.3 Å². The first-order chi connectivity index (χ1) is 14.9. The van der Waals surface area contributed by atoms with Crippen LogP contribution in [-0.2, 0) is 14.8 Å². The van der Waals surface area contributed by atoms with E-state index in [1.54, 1.807) is 13.0 Å². The van der Waals surface area contributed by atoms with Gasteiger partial charge in [-0.1, -0.05) is 41.1 Å². The predicted molar refractivity (Wildman–Crippen MR) is 119 cm³/mol. The van der Waals surface area contributed by atoms with Gasteiger partial charge in [0, 0.05) is 26.2 Å². The van der Waals surface area contributed by atoms with E-state index in [2.05, 4.69) is 5.16 Å². The summed E-state index contributed by atoms with van der Waals surface area (Å²) in [6.45, 7) is 5.82. The number of benzene rings is 1. The molecule has 166 valence electrons. The van der Waals surface area contributed by atoms with Crippen LogP contribution in [0.3, 0.4) is 0 Å². The summed E-state index contributed by atoms with van der Waals surface area (Å²) in [5.41, 5.74) is 2.42. The van der Waals surface area contributed by atoms with Gasteiger partial charge in [-0.25, -0.2) is 8.42 Å². The van der Waals surface area contributed by atoms with Crippen LogP contribution in [0.25, 0.3) is 12.2 Å². The Bertz CT molecular complexity index is 1070. The van der Waals surface area contributed by atoms with Crippen molar-refractivity contribution in [1.82, 2.24) is 14.4 Å². The van der Waals surface area contributed by atoms with Gasteiger partial charge in [0.1, 0.15) is 5.69 Å². The van der Waals surface area contributed by atoms with Crippen LogP contribution in [0.4, 0.5) is 0 Å². The van der Waals surface area contributed by atoms with Gasteiger partial charge in [-0.05, 0) is 51.2 Å². The number of carbonyl (C=O) groups is 1. The van der Waals surface area contributed by atoms with E-state index in [9.17, 15) is 13.2 Å². The van der Waals surface area contributed by atoms with Crippen LogP contribution < -0.4 is 0 Å². The van der Waals surface area contributed by atoms with Crippen LogP contribution in [0.2, 0.25) is 0 Å². The Labute approximate surface area is 183 Å². The van der Waals surface area contributed by atoms with Crippen LogP contribution >= 0.6 is 0 Å². The van der Waals surface area contributed by atoms with E-state index in [4.69, 9.17) is 4.52 Å². The molecular formula is C23H29N3O4S. The average molecular weight is 444 g/mol. The highest BCUT2D eigenvalue weighted by atomic mass is 32.2. The number of aryl methyl sites for hydroxylation is 2. The zero-order chi connectivity index (χ0) is 22.0. The summed E-state index contributed by atoms with van der Waals surface area (Å²) in [6, 6.07) is 7.91. The highest BCUT2D eigenvalue weighted by Crippen LogP contribution is 2.30. The van der Waals surface area contributed by atoms with Crippen molar-refractivity contribution in [1.29, 1.82) is 0 Å². The molecule has 1 aromatic heterocycles. The van der Waals surface area contributed by atoms with Crippen LogP contribution in [0, 0.1) is 19.8 Å². The number of sulfonamides is 1. The lowest BCUT2D eigenvalue weighted by Crippen LogP contribution is -2.46. The van der Waals surface area contributed by atoms with Gasteiger partial charge in [-0.2, -0.15) is 4.31 Å². The van der Waals surface area contributed by atoms with Gasteiger partial charge in [0.2, 0.25) is 15.9 Å². The van der Waals surface area contributed by atoms with Gasteiger partial charge in [-0.15, -0.1) is 0 Å². The molecule has 0 spiro atoms. The molecule has 3 heterocycles. The molecular weight excluding hydrogens is 414 g/mol. The lowest BCUT2D eigenvalue weighted by atomic mass is 9.98.